The van der Waals surface area contributed by atoms with Crippen LogP contribution >= 0.6 is 0 Å². The maximum Gasteiger partial charge on any atom is 0.124 e. The molecule has 0 amide bonds. The fourth-order valence-corrected chi connectivity index (χ4v) is 1.59. The second-order valence-corrected chi connectivity index (χ2v) is 3.42. The number of fused-ring (bicyclic) bond motifs is 1. The molecule has 80 valence electrons. The number of aryl methyl sites for hydroxylation is 1. The maximum absolute atomic E-state index is 12.9. The third-order valence-electron chi connectivity index (χ3n) is 2.32. The van der Waals surface area contributed by atoms with Crippen molar-refractivity contribution >= 4 is 10.9 Å². The molecule has 15 heavy (non-hydrogen) atoms. The van der Waals surface area contributed by atoms with E-state index in [0.717, 1.165) is 23.9 Å². The predicted octanol–water partition coefficient (Wildman–Crippen LogP) is 2.21. The molecule has 0 unspecified atom stereocenters. The first kappa shape index (κ1) is 10.1. The summed E-state index contributed by atoms with van der Waals surface area (Å²) in [6.45, 7) is 1.51. The maximum atomic E-state index is 12.9. The molecule has 2 aromatic rings. The van der Waals surface area contributed by atoms with Gasteiger partial charge in [0, 0.05) is 25.6 Å². The first-order valence-corrected chi connectivity index (χ1v) is 4.91. The standard InChI is InChI=1S/C11H13FN2O/c1-15-6-2-5-14-11-4-3-10(12)7-9(11)8-13-14/h3-4,7-8H,2,5-6H2,1H3. The van der Waals surface area contributed by atoms with Gasteiger partial charge in [0.25, 0.3) is 0 Å². The number of benzene rings is 1. The molecule has 0 aliphatic rings. The zero-order valence-electron chi connectivity index (χ0n) is 8.61. The average Bonchev–Trinajstić information content (AvgIpc) is 2.61. The molecule has 1 aromatic heterocycles. The van der Waals surface area contributed by atoms with Crippen LogP contribution in [0.5, 0.6) is 0 Å². The van der Waals surface area contributed by atoms with Crippen molar-refractivity contribution in [1.82, 2.24) is 9.78 Å². The summed E-state index contributed by atoms with van der Waals surface area (Å²) in [7, 11) is 1.68. The Hall–Kier alpha value is -1.42. The molecule has 0 fully saturated rings. The van der Waals surface area contributed by atoms with Gasteiger partial charge in [-0.1, -0.05) is 0 Å². The van der Waals surface area contributed by atoms with Crippen molar-refractivity contribution in [1.29, 1.82) is 0 Å². The smallest absolute Gasteiger partial charge is 0.124 e. The van der Waals surface area contributed by atoms with E-state index in [1.165, 1.54) is 12.1 Å². The van der Waals surface area contributed by atoms with Crippen LogP contribution in [0.25, 0.3) is 10.9 Å². The lowest BCUT2D eigenvalue weighted by atomic mass is 10.2. The monoisotopic (exact) mass is 208 g/mol. The highest BCUT2D eigenvalue weighted by Gasteiger charge is 2.02. The van der Waals surface area contributed by atoms with Crippen molar-refractivity contribution in [2.24, 2.45) is 0 Å². The Bertz CT molecular complexity index is 453. The molecule has 0 N–H and O–H groups in total. The summed E-state index contributed by atoms with van der Waals surface area (Å²) in [5, 5.41) is 5.04. The van der Waals surface area contributed by atoms with Crippen molar-refractivity contribution in [2.45, 2.75) is 13.0 Å². The molecule has 0 radical (unpaired) electrons. The summed E-state index contributed by atoms with van der Waals surface area (Å²) in [6, 6.07) is 4.70. The molecular weight excluding hydrogens is 195 g/mol. The number of halogens is 1. The molecule has 0 saturated heterocycles. The lowest BCUT2D eigenvalue weighted by Crippen LogP contribution is -2.02. The van der Waals surface area contributed by atoms with E-state index in [9.17, 15) is 4.39 Å². The molecular formula is C11H13FN2O. The minimum atomic E-state index is -0.223. The van der Waals surface area contributed by atoms with Crippen LogP contribution in [0.1, 0.15) is 6.42 Å². The number of rotatable bonds is 4. The van der Waals surface area contributed by atoms with Gasteiger partial charge < -0.3 is 4.74 Å². The fraction of sp³-hybridized carbons (Fsp3) is 0.364. The van der Waals surface area contributed by atoms with E-state index in [1.54, 1.807) is 19.4 Å². The summed E-state index contributed by atoms with van der Waals surface area (Å²) >= 11 is 0. The van der Waals surface area contributed by atoms with Gasteiger partial charge in [-0.05, 0) is 24.6 Å². The highest BCUT2D eigenvalue weighted by atomic mass is 19.1. The highest BCUT2D eigenvalue weighted by Crippen LogP contribution is 2.15. The van der Waals surface area contributed by atoms with Crippen LogP contribution in [0.3, 0.4) is 0 Å². The van der Waals surface area contributed by atoms with E-state index in [4.69, 9.17) is 4.74 Å². The van der Waals surface area contributed by atoms with Crippen LogP contribution in [0.15, 0.2) is 24.4 Å². The second-order valence-electron chi connectivity index (χ2n) is 3.42. The first-order valence-electron chi connectivity index (χ1n) is 4.91. The predicted molar refractivity (Wildman–Crippen MR) is 56.2 cm³/mol. The number of hydrogen-bond donors (Lipinski definition) is 0. The van der Waals surface area contributed by atoms with Crippen molar-refractivity contribution in [3.63, 3.8) is 0 Å². The number of aromatic nitrogens is 2. The lowest BCUT2D eigenvalue weighted by Gasteiger charge is -2.02. The van der Waals surface area contributed by atoms with E-state index >= 15 is 0 Å². The van der Waals surface area contributed by atoms with Crippen molar-refractivity contribution in [2.75, 3.05) is 13.7 Å². The highest BCUT2D eigenvalue weighted by molar-refractivity contribution is 5.78. The Morgan fingerprint density at radius 2 is 2.33 bits per heavy atom. The van der Waals surface area contributed by atoms with Crippen LogP contribution in [0, 0.1) is 5.82 Å². The SMILES string of the molecule is COCCCn1ncc2cc(F)ccc21. The molecule has 0 saturated carbocycles. The molecule has 0 bridgehead atoms. The van der Waals surface area contributed by atoms with Crippen molar-refractivity contribution in [3.8, 4) is 0 Å². The Morgan fingerprint density at radius 1 is 1.47 bits per heavy atom. The normalized spacial score (nSPS) is 11.1. The molecule has 0 spiro atoms. The quantitative estimate of drug-likeness (QED) is 0.720. The van der Waals surface area contributed by atoms with E-state index in [0.29, 0.717) is 6.61 Å². The lowest BCUT2D eigenvalue weighted by molar-refractivity contribution is 0.189. The fourth-order valence-electron chi connectivity index (χ4n) is 1.59. The van der Waals surface area contributed by atoms with Crippen molar-refractivity contribution in [3.05, 3.63) is 30.2 Å². The molecule has 1 aromatic carbocycles. The molecule has 1 heterocycles. The third-order valence-corrected chi connectivity index (χ3v) is 2.32. The molecule has 0 aliphatic heterocycles. The summed E-state index contributed by atoms with van der Waals surface area (Å²) in [5.41, 5.74) is 0.965. The first-order chi connectivity index (χ1) is 7.31. The van der Waals surface area contributed by atoms with Gasteiger partial charge in [0.05, 0.1) is 11.7 Å². The van der Waals surface area contributed by atoms with Gasteiger partial charge in [-0.25, -0.2) is 4.39 Å². The zero-order valence-corrected chi connectivity index (χ0v) is 8.61. The van der Waals surface area contributed by atoms with Crippen molar-refractivity contribution < 1.29 is 9.13 Å². The minimum Gasteiger partial charge on any atom is -0.385 e. The number of ether oxygens (including phenoxy) is 1. The van der Waals surface area contributed by atoms with Crippen LogP contribution in [0.2, 0.25) is 0 Å². The number of hydrogen-bond acceptors (Lipinski definition) is 2. The Morgan fingerprint density at radius 3 is 3.13 bits per heavy atom. The van der Waals surface area contributed by atoms with Gasteiger partial charge in [0.15, 0.2) is 0 Å². The molecule has 3 nitrogen and oxygen atoms in total. The summed E-state index contributed by atoms with van der Waals surface area (Å²) in [5.74, 6) is -0.223. The van der Waals surface area contributed by atoms with Gasteiger partial charge in [0.2, 0.25) is 0 Å². The van der Waals surface area contributed by atoms with Gasteiger partial charge >= 0.3 is 0 Å². The Labute approximate surface area is 87.5 Å². The third kappa shape index (κ3) is 2.15. The van der Waals surface area contributed by atoms with Crippen LogP contribution in [-0.4, -0.2) is 23.5 Å². The second kappa shape index (κ2) is 4.40. The summed E-state index contributed by atoms with van der Waals surface area (Å²) in [4.78, 5) is 0. The van der Waals surface area contributed by atoms with Gasteiger partial charge in [-0.3, -0.25) is 4.68 Å². The van der Waals surface area contributed by atoms with Crippen LogP contribution < -0.4 is 0 Å². The van der Waals surface area contributed by atoms with Gasteiger partial charge in [0.1, 0.15) is 5.82 Å². The van der Waals surface area contributed by atoms with Gasteiger partial charge in [-0.15, -0.1) is 0 Å². The van der Waals surface area contributed by atoms with Gasteiger partial charge in [-0.2, -0.15) is 5.10 Å². The topological polar surface area (TPSA) is 27.1 Å². The zero-order chi connectivity index (χ0) is 10.7. The summed E-state index contributed by atoms with van der Waals surface area (Å²) < 4.78 is 19.7. The number of nitrogens with zero attached hydrogens (tertiary/aromatic N) is 2. The minimum absolute atomic E-state index is 0.223. The molecule has 0 aliphatic carbocycles. The van der Waals surface area contributed by atoms with E-state index in [2.05, 4.69) is 5.10 Å². The van der Waals surface area contributed by atoms with Crippen LogP contribution in [0.4, 0.5) is 4.39 Å². The largest absolute Gasteiger partial charge is 0.385 e. The van der Waals surface area contributed by atoms with E-state index in [1.807, 2.05) is 4.68 Å². The summed E-state index contributed by atoms with van der Waals surface area (Å²) in [6.07, 6.45) is 2.59. The molecule has 4 heteroatoms. The van der Waals surface area contributed by atoms with Crippen LogP contribution in [-0.2, 0) is 11.3 Å². The Balaban J connectivity index is 2.21. The van der Waals surface area contributed by atoms with E-state index < -0.39 is 0 Å². The number of methoxy groups -OCH3 is 1. The molecule has 0 atom stereocenters. The molecule has 2 rings (SSSR count). The average molecular weight is 208 g/mol. The Kier molecular flexibility index (Phi) is 2.97. The van der Waals surface area contributed by atoms with E-state index in [-0.39, 0.29) is 5.82 Å².